The monoisotopic (exact) mass is 320 g/mol. The summed E-state index contributed by atoms with van der Waals surface area (Å²) in [6.45, 7) is 2.08. The van der Waals surface area contributed by atoms with Crippen LogP contribution < -0.4 is 4.74 Å². The van der Waals surface area contributed by atoms with Gasteiger partial charge in [-0.25, -0.2) is 0 Å². The summed E-state index contributed by atoms with van der Waals surface area (Å²) in [7, 11) is 1.65. The fraction of sp³-hybridized carbons (Fsp3) is 0.312. The summed E-state index contributed by atoms with van der Waals surface area (Å²) in [5, 5.41) is 2.14. The van der Waals surface area contributed by atoms with Crippen LogP contribution in [0.15, 0.2) is 36.4 Å². The lowest BCUT2D eigenvalue weighted by Gasteiger charge is -2.09. The van der Waals surface area contributed by atoms with Gasteiger partial charge in [-0.1, -0.05) is 47.5 Å². The number of Topliss-reactive ketones (excluding diaryl/α,β-unsaturated/α-hetero) is 1. The number of benzene rings is 2. The first-order valence-corrected chi connectivity index (χ1v) is 7.33. The zero-order valence-corrected chi connectivity index (χ0v) is 12.7. The van der Waals surface area contributed by atoms with E-state index < -0.39 is 0 Å². The van der Waals surface area contributed by atoms with E-state index in [2.05, 4.69) is 22.9 Å². The van der Waals surface area contributed by atoms with Crippen LogP contribution in [0.5, 0.6) is 5.75 Å². The van der Waals surface area contributed by atoms with Crippen LogP contribution in [-0.4, -0.2) is 17.7 Å². The van der Waals surface area contributed by atoms with E-state index in [1.165, 1.54) is 0 Å². The van der Waals surface area contributed by atoms with Gasteiger partial charge in [0, 0.05) is 5.56 Å². The van der Waals surface area contributed by atoms with E-state index in [-0.39, 0.29) is 10.6 Å². The summed E-state index contributed by atoms with van der Waals surface area (Å²) < 4.78 is 5.20. The predicted molar refractivity (Wildman–Crippen MR) is 82.5 cm³/mol. The molecule has 2 rings (SSSR count). The molecule has 2 aromatic rings. The van der Waals surface area contributed by atoms with E-state index in [1.807, 2.05) is 36.4 Å². The van der Waals surface area contributed by atoms with E-state index >= 15 is 0 Å². The van der Waals surface area contributed by atoms with Gasteiger partial charge in [-0.05, 0) is 35.4 Å². The molecule has 2 aromatic carbocycles. The van der Waals surface area contributed by atoms with Crippen LogP contribution in [0.2, 0.25) is 0 Å². The largest absolute Gasteiger partial charge is 0.497 e. The van der Waals surface area contributed by atoms with Crippen LogP contribution in [0.4, 0.5) is 0 Å². The molecular weight excluding hydrogens is 304 g/mol. The van der Waals surface area contributed by atoms with Crippen molar-refractivity contribution in [3.8, 4) is 5.75 Å². The highest BCUT2D eigenvalue weighted by atomic mass is 79.9. The predicted octanol–water partition coefficient (Wildman–Crippen LogP) is 4.59. The van der Waals surface area contributed by atoms with Crippen molar-refractivity contribution in [3.05, 3.63) is 42.0 Å². The topological polar surface area (TPSA) is 26.3 Å². The van der Waals surface area contributed by atoms with Crippen molar-refractivity contribution < 1.29 is 9.53 Å². The molecule has 0 spiro atoms. The highest BCUT2D eigenvalue weighted by Gasteiger charge is 2.16. The van der Waals surface area contributed by atoms with Gasteiger partial charge in [0.15, 0.2) is 5.78 Å². The van der Waals surface area contributed by atoms with E-state index in [4.69, 9.17) is 4.74 Å². The number of rotatable bonds is 5. The number of carbonyl (C=O) groups is 1. The molecule has 0 fully saturated rings. The van der Waals surface area contributed by atoms with Gasteiger partial charge in [-0.15, -0.1) is 0 Å². The third-order valence-electron chi connectivity index (χ3n) is 3.16. The first-order valence-electron chi connectivity index (χ1n) is 6.41. The van der Waals surface area contributed by atoms with Crippen LogP contribution >= 0.6 is 15.9 Å². The Kier molecular flexibility index (Phi) is 4.59. The van der Waals surface area contributed by atoms with Crippen LogP contribution in [-0.2, 0) is 0 Å². The summed E-state index contributed by atoms with van der Waals surface area (Å²) in [6, 6.07) is 11.7. The Labute approximate surface area is 121 Å². The maximum Gasteiger partial charge on any atom is 0.176 e. The zero-order valence-electron chi connectivity index (χ0n) is 11.2. The lowest BCUT2D eigenvalue weighted by atomic mass is 10.0. The summed E-state index contributed by atoms with van der Waals surface area (Å²) in [5.74, 6) is 0.982. The summed E-state index contributed by atoms with van der Waals surface area (Å²) >= 11 is 3.46. The van der Waals surface area contributed by atoms with Crippen LogP contribution in [0.3, 0.4) is 0 Å². The standard InChI is InChI=1S/C16H17BrO2/c1-3-4-15(17)16(18)13-6-5-12-10-14(19-2)8-7-11(12)9-13/h5-10,15H,3-4H2,1-2H3. The van der Waals surface area contributed by atoms with Crippen molar-refractivity contribution >= 4 is 32.5 Å². The molecule has 1 atom stereocenters. The summed E-state index contributed by atoms with van der Waals surface area (Å²) in [4.78, 5) is 12.1. The van der Waals surface area contributed by atoms with Gasteiger partial charge >= 0.3 is 0 Å². The molecule has 0 aliphatic rings. The highest BCUT2D eigenvalue weighted by Crippen LogP contribution is 2.23. The molecule has 0 aliphatic carbocycles. The van der Waals surface area contributed by atoms with Crippen molar-refractivity contribution in [2.24, 2.45) is 0 Å². The number of ether oxygens (including phenoxy) is 1. The smallest absolute Gasteiger partial charge is 0.176 e. The Bertz CT molecular complexity index is 592. The number of alkyl halides is 1. The van der Waals surface area contributed by atoms with Gasteiger partial charge < -0.3 is 4.74 Å². The van der Waals surface area contributed by atoms with E-state index in [9.17, 15) is 4.79 Å². The minimum absolute atomic E-state index is 0.0896. The molecule has 0 aliphatic heterocycles. The molecule has 0 radical (unpaired) electrons. The maximum absolute atomic E-state index is 12.2. The molecule has 0 aromatic heterocycles. The van der Waals surface area contributed by atoms with E-state index in [0.29, 0.717) is 0 Å². The Morgan fingerprint density at radius 2 is 1.89 bits per heavy atom. The third-order valence-corrected chi connectivity index (χ3v) is 4.03. The fourth-order valence-electron chi connectivity index (χ4n) is 2.07. The fourth-order valence-corrected chi connectivity index (χ4v) is 2.79. The van der Waals surface area contributed by atoms with Crippen molar-refractivity contribution in [1.29, 1.82) is 0 Å². The van der Waals surface area contributed by atoms with Gasteiger partial charge in [0.2, 0.25) is 0 Å². The van der Waals surface area contributed by atoms with Crippen LogP contribution in [0.25, 0.3) is 10.8 Å². The lowest BCUT2D eigenvalue weighted by molar-refractivity contribution is 0.0988. The molecule has 100 valence electrons. The SMILES string of the molecule is CCCC(Br)C(=O)c1ccc2cc(OC)ccc2c1. The zero-order chi connectivity index (χ0) is 13.8. The van der Waals surface area contributed by atoms with Crippen molar-refractivity contribution in [1.82, 2.24) is 0 Å². The molecule has 2 nitrogen and oxygen atoms in total. The molecule has 0 N–H and O–H groups in total. The second kappa shape index (κ2) is 6.20. The normalized spacial score (nSPS) is 12.4. The average Bonchev–Trinajstić information content (AvgIpc) is 2.45. The van der Waals surface area contributed by atoms with E-state index in [0.717, 1.165) is 34.9 Å². The number of ketones is 1. The maximum atomic E-state index is 12.2. The molecule has 1 unspecified atom stereocenters. The average molecular weight is 321 g/mol. The molecular formula is C16H17BrO2. The van der Waals surface area contributed by atoms with Gasteiger partial charge in [0.05, 0.1) is 11.9 Å². The first kappa shape index (κ1) is 14.1. The number of hydrogen-bond acceptors (Lipinski definition) is 2. The summed E-state index contributed by atoms with van der Waals surface area (Å²) in [6.07, 6.45) is 1.85. The molecule has 0 amide bonds. The number of halogens is 1. The van der Waals surface area contributed by atoms with E-state index in [1.54, 1.807) is 7.11 Å². The van der Waals surface area contributed by atoms with Crippen molar-refractivity contribution in [2.45, 2.75) is 24.6 Å². The molecule has 0 saturated carbocycles. The van der Waals surface area contributed by atoms with Gasteiger partial charge in [0.1, 0.15) is 5.75 Å². The Balaban J connectivity index is 2.34. The van der Waals surface area contributed by atoms with Crippen molar-refractivity contribution in [3.63, 3.8) is 0 Å². The van der Waals surface area contributed by atoms with Gasteiger partial charge in [-0.3, -0.25) is 4.79 Å². The number of methoxy groups -OCH3 is 1. The second-order valence-corrected chi connectivity index (χ2v) is 5.65. The molecule has 19 heavy (non-hydrogen) atoms. The minimum Gasteiger partial charge on any atom is -0.497 e. The van der Waals surface area contributed by atoms with Crippen molar-refractivity contribution in [2.75, 3.05) is 7.11 Å². The summed E-state index contributed by atoms with van der Waals surface area (Å²) in [5.41, 5.74) is 0.757. The lowest BCUT2D eigenvalue weighted by Crippen LogP contribution is -2.13. The van der Waals surface area contributed by atoms with Gasteiger partial charge in [0.25, 0.3) is 0 Å². The quantitative estimate of drug-likeness (QED) is 0.594. The molecule has 0 saturated heterocycles. The van der Waals surface area contributed by atoms with Crippen LogP contribution in [0.1, 0.15) is 30.1 Å². The van der Waals surface area contributed by atoms with Gasteiger partial charge in [-0.2, -0.15) is 0 Å². The number of hydrogen-bond donors (Lipinski definition) is 0. The number of carbonyl (C=O) groups excluding carboxylic acids is 1. The molecule has 3 heteroatoms. The Morgan fingerprint density at radius 3 is 2.58 bits per heavy atom. The molecule has 0 heterocycles. The van der Waals surface area contributed by atoms with Crippen LogP contribution in [0, 0.1) is 0 Å². The minimum atomic E-state index is -0.0896. The second-order valence-electron chi connectivity index (χ2n) is 4.55. The highest BCUT2D eigenvalue weighted by molar-refractivity contribution is 9.10. The Hall–Kier alpha value is -1.35. The Morgan fingerprint density at radius 1 is 1.21 bits per heavy atom. The number of fused-ring (bicyclic) bond motifs is 1. The first-order chi connectivity index (χ1) is 9.15. The molecule has 0 bridgehead atoms. The third kappa shape index (κ3) is 3.16.